The number of aromatic nitrogens is 2. The quantitative estimate of drug-likeness (QED) is 0.266. The van der Waals surface area contributed by atoms with E-state index < -0.39 is 0 Å². The topological polar surface area (TPSA) is 91.1 Å². The van der Waals surface area contributed by atoms with Crippen molar-refractivity contribution in [1.82, 2.24) is 20.6 Å². The average molecular weight is 477 g/mol. The molecule has 190 valence electrons. The second-order valence-electron chi connectivity index (χ2n) is 9.88. The number of imidazole rings is 1. The number of benzene rings is 1. The van der Waals surface area contributed by atoms with Gasteiger partial charge in [0.15, 0.2) is 0 Å². The Balaban J connectivity index is 0.00000167. The molecule has 1 aliphatic carbocycles. The molecule has 0 amide bonds. The van der Waals surface area contributed by atoms with Gasteiger partial charge < -0.3 is 21.4 Å². The number of H-pyrrole nitrogens is 1. The summed E-state index contributed by atoms with van der Waals surface area (Å²) in [7, 11) is 0. The van der Waals surface area contributed by atoms with Crippen LogP contribution in [0.3, 0.4) is 0 Å². The number of aliphatic imine (C=N–C) groups is 1. The van der Waals surface area contributed by atoms with E-state index in [0.29, 0.717) is 12.0 Å². The van der Waals surface area contributed by atoms with Crippen LogP contribution in [-0.4, -0.2) is 41.5 Å². The third-order valence-corrected chi connectivity index (χ3v) is 7.40. The van der Waals surface area contributed by atoms with Crippen LogP contribution in [0.2, 0.25) is 0 Å². The van der Waals surface area contributed by atoms with Crippen molar-refractivity contribution in [3.8, 4) is 24.1 Å². The van der Waals surface area contributed by atoms with E-state index in [4.69, 9.17) is 10.7 Å². The molecule has 0 bridgehead atoms. The number of nitrogens with two attached hydrogens (primary N) is 1. The van der Waals surface area contributed by atoms with E-state index >= 15 is 0 Å². The molecule has 4 rings (SSSR count). The van der Waals surface area contributed by atoms with E-state index in [-0.39, 0.29) is 6.04 Å². The molecule has 2 unspecified atom stereocenters. The van der Waals surface area contributed by atoms with Gasteiger partial charge in [0, 0.05) is 6.04 Å². The summed E-state index contributed by atoms with van der Waals surface area (Å²) >= 11 is 0. The Morgan fingerprint density at radius 3 is 2.51 bits per heavy atom. The van der Waals surface area contributed by atoms with Crippen molar-refractivity contribution in [3.63, 3.8) is 0 Å². The molecule has 35 heavy (non-hydrogen) atoms. The first-order valence-electron chi connectivity index (χ1n) is 13.4. The van der Waals surface area contributed by atoms with E-state index in [1.165, 1.54) is 36.8 Å². The fourth-order valence-electron chi connectivity index (χ4n) is 5.29. The number of terminal acetylenes is 1. The maximum absolute atomic E-state index is 6.28. The van der Waals surface area contributed by atoms with Gasteiger partial charge in [0.05, 0.1) is 31.0 Å². The van der Waals surface area contributed by atoms with Crippen molar-refractivity contribution in [3.05, 3.63) is 41.9 Å². The normalized spacial score (nSPS) is 22.5. The molecule has 0 saturated heterocycles. The first-order valence-corrected chi connectivity index (χ1v) is 13.4. The first kappa shape index (κ1) is 27.0. The van der Waals surface area contributed by atoms with E-state index in [2.05, 4.69) is 71.6 Å². The lowest BCUT2D eigenvalue weighted by atomic mass is 9.76. The van der Waals surface area contributed by atoms with Crippen LogP contribution in [-0.2, 0) is 0 Å². The molecule has 0 spiro atoms. The van der Waals surface area contributed by atoms with Crippen LogP contribution in [0.4, 0.5) is 0 Å². The fourth-order valence-corrected chi connectivity index (χ4v) is 5.29. The summed E-state index contributed by atoms with van der Waals surface area (Å²) in [5.41, 5.74) is 9.99. The number of nitrogens with one attached hydrogen (secondary N) is 3. The molecule has 2 atom stereocenters. The number of rotatable bonds is 11. The Labute approximate surface area is 212 Å². The number of aromatic amines is 1. The third kappa shape index (κ3) is 7.43. The summed E-state index contributed by atoms with van der Waals surface area (Å²) in [4.78, 5) is 12.7. The van der Waals surface area contributed by atoms with Crippen LogP contribution in [0.1, 0.15) is 88.6 Å². The van der Waals surface area contributed by atoms with Gasteiger partial charge in [-0.05, 0) is 68.0 Å². The van der Waals surface area contributed by atoms with Gasteiger partial charge in [-0.1, -0.05) is 51.0 Å². The van der Waals surface area contributed by atoms with E-state index in [1.807, 2.05) is 6.20 Å². The zero-order valence-electron chi connectivity index (χ0n) is 21.6. The summed E-state index contributed by atoms with van der Waals surface area (Å²) in [5.74, 6) is 3.46. The SMILES string of the molecule is C#C.CCCCC(N)c1ncc(-c2ccc(C3CCC(C4CN=C(CNCCC)N4)CC3)cc2)[nH]1. The monoisotopic (exact) mass is 476 g/mol. The van der Waals surface area contributed by atoms with E-state index in [1.54, 1.807) is 0 Å². The van der Waals surface area contributed by atoms with Crippen LogP contribution < -0.4 is 16.4 Å². The van der Waals surface area contributed by atoms with Gasteiger partial charge in [0.1, 0.15) is 11.7 Å². The molecule has 1 aliphatic heterocycles. The number of unbranched alkanes of at least 4 members (excludes halogenated alkanes) is 1. The molecule has 2 aromatic rings. The van der Waals surface area contributed by atoms with Gasteiger partial charge in [0.2, 0.25) is 0 Å². The summed E-state index contributed by atoms with van der Waals surface area (Å²) in [5, 5.41) is 7.14. The van der Waals surface area contributed by atoms with Crippen molar-refractivity contribution in [2.75, 3.05) is 19.6 Å². The number of nitrogens with zero attached hydrogens (tertiary/aromatic N) is 2. The lowest BCUT2D eigenvalue weighted by Gasteiger charge is -2.32. The molecule has 1 fully saturated rings. The molecular formula is C29H44N6. The van der Waals surface area contributed by atoms with Crippen LogP contribution in [0, 0.1) is 18.8 Å². The largest absolute Gasteiger partial charge is 0.368 e. The molecule has 2 aliphatic rings. The summed E-state index contributed by atoms with van der Waals surface area (Å²) in [6, 6.07) is 9.62. The first-order chi connectivity index (χ1) is 17.2. The zero-order chi connectivity index (χ0) is 25.0. The van der Waals surface area contributed by atoms with Crippen LogP contribution in [0.15, 0.2) is 35.5 Å². The minimum Gasteiger partial charge on any atom is -0.368 e. The van der Waals surface area contributed by atoms with Crippen molar-refractivity contribution < 1.29 is 0 Å². The fraction of sp³-hybridized carbons (Fsp3) is 0.586. The summed E-state index contributed by atoms with van der Waals surface area (Å²) in [6.45, 7) is 7.28. The molecule has 5 N–H and O–H groups in total. The second-order valence-corrected chi connectivity index (χ2v) is 9.88. The Bertz CT molecular complexity index is 920. The number of hydrogen-bond acceptors (Lipinski definition) is 5. The standard InChI is InChI=1S/C27H42N6.C2H2/c1-3-5-6-23(28)27-31-17-25(33-27)22-13-9-20(10-14-22)19-7-11-21(12-8-19)24-16-30-26(32-24)18-29-15-4-2;1-2/h9-10,13-14,17,19,21,23-24,29H,3-8,11-12,15-16,18,28H2,1-2H3,(H,30,32)(H,31,33);1-2H. The van der Waals surface area contributed by atoms with Crippen LogP contribution in [0.5, 0.6) is 0 Å². The van der Waals surface area contributed by atoms with Gasteiger partial charge >= 0.3 is 0 Å². The highest BCUT2D eigenvalue weighted by Gasteiger charge is 2.30. The van der Waals surface area contributed by atoms with Crippen LogP contribution >= 0.6 is 0 Å². The minimum absolute atomic E-state index is 0.00315. The Hall–Kier alpha value is -2.62. The van der Waals surface area contributed by atoms with Gasteiger partial charge in [-0.2, -0.15) is 0 Å². The molecular weight excluding hydrogens is 432 g/mol. The molecule has 2 heterocycles. The molecule has 6 nitrogen and oxygen atoms in total. The highest BCUT2D eigenvalue weighted by atomic mass is 15.1. The van der Waals surface area contributed by atoms with Gasteiger partial charge in [0.25, 0.3) is 0 Å². The smallest absolute Gasteiger partial charge is 0.123 e. The third-order valence-electron chi connectivity index (χ3n) is 7.40. The molecule has 1 aromatic heterocycles. The Kier molecular flexibility index (Phi) is 10.8. The van der Waals surface area contributed by atoms with Gasteiger partial charge in [-0.15, -0.1) is 12.8 Å². The van der Waals surface area contributed by atoms with Crippen molar-refractivity contribution in [1.29, 1.82) is 0 Å². The van der Waals surface area contributed by atoms with E-state index in [9.17, 15) is 0 Å². The average Bonchev–Trinajstić information content (AvgIpc) is 3.60. The van der Waals surface area contributed by atoms with Gasteiger partial charge in [-0.3, -0.25) is 4.99 Å². The molecule has 0 radical (unpaired) electrons. The molecule has 1 aromatic carbocycles. The predicted molar refractivity (Wildman–Crippen MR) is 147 cm³/mol. The number of amidine groups is 1. The van der Waals surface area contributed by atoms with Crippen LogP contribution in [0.25, 0.3) is 11.3 Å². The summed E-state index contributed by atoms with van der Waals surface area (Å²) < 4.78 is 0. The van der Waals surface area contributed by atoms with Gasteiger partial charge in [-0.25, -0.2) is 4.98 Å². The maximum Gasteiger partial charge on any atom is 0.123 e. The lowest BCUT2D eigenvalue weighted by molar-refractivity contribution is 0.278. The Morgan fingerprint density at radius 1 is 1.09 bits per heavy atom. The van der Waals surface area contributed by atoms with Crippen molar-refractivity contribution in [2.24, 2.45) is 16.6 Å². The van der Waals surface area contributed by atoms with Crippen molar-refractivity contribution in [2.45, 2.75) is 83.2 Å². The lowest BCUT2D eigenvalue weighted by Crippen LogP contribution is -2.41. The summed E-state index contributed by atoms with van der Waals surface area (Å²) in [6.07, 6.45) is 19.5. The molecule has 1 saturated carbocycles. The molecule has 6 heteroatoms. The predicted octanol–water partition coefficient (Wildman–Crippen LogP) is 5.16. The minimum atomic E-state index is -0.00315. The highest BCUT2D eigenvalue weighted by Crippen LogP contribution is 2.38. The van der Waals surface area contributed by atoms with E-state index in [0.717, 1.165) is 68.6 Å². The van der Waals surface area contributed by atoms with Crippen molar-refractivity contribution >= 4 is 5.84 Å². The maximum atomic E-state index is 6.28. The number of hydrogen-bond donors (Lipinski definition) is 4. The second kappa shape index (κ2) is 14.1. The Morgan fingerprint density at radius 2 is 1.83 bits per heavy atom. The highest BCUT2D eigenvalue weighted by molar-refractivity contribution is 5.86. The zero-order valence-corrected chi connectivity index (χ0v) is 21.6.